The van der Waals surface area contributed by atoms with Gasteiger partial charge in [-0.2, -0.15) is 0 Å². The number of hydrogen-bond acceptors (Lipinski definition) is 2. The number of halogens is 4. The summed E-state index contributed by atoms with van der Waals surface area (Å²) < 4.78 is 32.2. The zero-order valence-electron chi connectivity index (χ0n) is 9.24. The lowest BCUT2D eigenvalue weighted by Crippen LogP contribution is -2.11. The SMILES string of the molecule is CCOC(=O)c1c(F)c(Br)c(CC)c(F)c1Br. The van der Waals surface area contributed by atoms with E-state index in [1.165, 1.54) is 0 Å². The highest BCUT2D eigenvalue weighted by molar-refractivity contribution is 9.11. The van der Waals surface area contributed by atoms with Crippen LogP contribution in [0.2, 0.25) is 0 Å². The van der Waals surface area contributed by atoms with Crippen LogP contribution in [0, 0.1) is 11.6 Å². The molecule has 0 aliphatic heterocycles. The molecule has 1 rings (SSSR count). The van der Waals surface area contributed by atoms with Crippen LogP contribution in [0.15, 0.2) is 8.95 Å². The molecular weight excluding hydrogens is 362 g/mol. The van der Waals surface area contributed by atoms with Crippen LogP contribution in [0.5, 0.6) is 0 Å². The van der Waals surface area contributed by atoms with E-state index < -0.39 is 23.2 Å². The molecule has 1 aromatic carbocycles. The Morgan fingerprint density at radius 3 is 2.24 bits per heavy atom. The maximum absolute atomic E-state index is 13.9. The molecule has 0 heterocycles. The molecule has 0 aliphatic rings. The molecule has 2 nitrogen and oxygen atoms in total. The van der Waals surface area contributed by atoms with Crippen molar-refractivity contribution in [1.82, 2.24) is 0 Å². The smallest absolute Gasteiger partial charge is 0.342 e. The van der Waals surface area contributed by atoms with Gasteiger partial charge in [-0.15, -0.1) is 0 Å². The minimum Gasteiger partial charge on any atom is -0.462 e. The van der Waals surface area contributed by atoms with Crippen molar-refractivity contribution in [2.75, 3.05) is 6.61 Å². The van der Waals surface area contributed by atoms with Gasteiger partial charge in [0, 0.05) is 5.56 Å². The van der Waals surface area contributed by atoms with Crippen molar-refractivity contribution in [3.8, 4) is 0 Å². The lowest BCUT2D eigenvalue weighted by atomic mass is 10.1. The maximum Gasteiger partial charge on any atom is 0.342 e. The largest absolute Gasteiger partial charge is 0.462 e. The number of ether oxygens (including phenoxy) is 1. The molecule has 1 aromatic rings. The van der Waals surface area contributed by atoms with Crippen molar-refractivity contribution < 1.29 is 18.3 Å². The highest BCUT2D eigenvalue weighted by Gasteiger charge is 2.26. The average molecular weight is 372 g/mol. The predicted octanol–water partition coefficient (Wildman–Crippen LogP) is 4.23. The Kier molecular flexibility index (Phi) is 5.06. The Labute approximate surface area is 115 Å². The molecule has 0 bridgehead atoms. The van der Waals surface area contributed by atoms with Gasteiger partial charge in [0.25, 0.3) is 0 Å². The fraction of sp³-hybridized carbons (Fsp3) is 0.364. The van der Waals surface area contributed by atoms with Crippen LogP contribution >= 0.6 is 31.9 Å². The molecule has 0 fully saturated rings. The second kappa shape index (κ2) is 5.91. The van der Waals surface area contributed by atoms with Crippen LogP contribution < -0.4 is 0 Å². The second-order valence-corrected chi connectivity index (χ2v) is 4.77. The van der Waals surface area contributed by atoms with Gasteiger partial charge in [0.15, 0.2) is 5.82 Å². The molecule has 0 spiro atoms. The van der Waals surface area contributed by atoms with Gasteiger partial charge in [0.1, 0.15) is 11.4 Å². The topological polar surface area (TPSA) is 26.3 Å². The van der Waals surface area contributed by atoms with E-state index in [1.807, 2.05) is 0 Å². The van der Waals surface area contributed by atoms with Crippen LogP contribution in [0.4, 0.5) is 8.78 Å². The van der Waals surface area contributed by atoms with E-state index in [-0.39, 0.29) is 21.1 Å². The van der Waals surface area contributed by atoms with Gasteiger partial charge in [-0.25, -0.2) is 13.6 Å². The molecule has 0 N–H and O–H groups in total. The van der Waals surface area contributed by atoms with Gasteiger partial charge < -0.3 is 4.74 Å². The van der Waals surface area contributed by atoms with Crippen molar-refractivity contribution in [1.29, 1.82) is 0 Å². The first-order chi connectivity index (χ1) is 7.95. The zero-order chi connectivity index (χ0) is 13.2. The van der Waals surface area contributed by atoms with E-state index in [9.17, 15) is 13.6 Å². The third-order valence-corrected chi connectivity index (χ3v) is 3.76. The normalized spacial score (nSPS) is 10.5. The first-order valence-electron chi connectivity index (χ1n) is 4.97. The molecule has 6 heteroatoms. The number of carbonyl (C=O) groups excluding carboxylic acids is 1. The number of rotatable bonds is 3. The molecule has 0 aliphatic carbocycles. The Hall–Kier alpha value is -0.490. The number of hydrogen-bond donors (Lipinski definition) is 0. The summed E-state index contributed by atoms with van der Waals surface area (Å²) in [5, 5.41) is 0. The first-order valence-corrected chi connectivity index (χ1v) is 6.56. The third kappa shape index (κ3) is 2.68. The molecule has 0 saturated heterocycles. The van der Waals surface area contributed by atoms with Gasteiger partial charge in [0.05, 0.1) is 15.6 Å². The first kappa shape index (κ1) is 14.6. The van der Waals surface area contributed by atoms with Crippen LogP contribution in [0.1, 0.15) is 29.8 Å². The number of benzene rings is 1. The fourth-order valence-electron chi connectivity index (χ4n) is 1.37. The summed E-state index contributed by atoms with van der Waals surface area (Å²) in [5.41, 5.74) is -0.240. The zero-order valence-corrected chi connectivity index (χ0v) is 12.4. The van der Waals surface area contributed by atoms with Gasteiger partial charge in [0.2, 0.25) is 0 Å². The third-order valence-electron chi connectivity index (χ3n) is 2.19. The molecule has 0 amide bonds. The predicted molar refractivity (Wildman–Crippen MR) is 67.1 cm³/mol. The van der Waals surface area contributed by atoms with E-state index in [0.29, 0.717) is 6.42 Å². The van der Waals surface area contributed by atoms with Gasteiger partial charge in [-0.3, -0.25) is 0 Å². The van der Waals surface area contributed by atoms with Crippen molar-refractivity contribution in [2.45, 2.75) is 20.3 Å². The Bertz CT molecular complexity index is 432. The molecular formula is C11H10Br2F2O2. The summed E-state index contributed by atoms with van der Waals surface area (Å²) in [6.45, 7) is 3.38. The second-order valence-electron chi connectivity index (χ2n) is 3.18. The summed E-state index contributed by atoms with van der Waals surface area (Å²) >= 11 is 5.84. The average Bonchev–Trinajstić information content (AvgIpc) is 2.28. The molecule has 0 aromatic heterocycles. The Morgan fingerprint density at radius 2 is 1.76 bits per heavy atom. The maximum atomic E-state index is 13.9. The van der Waals surface area contributed by atoms with Crippen molar-refractivity contribution in [3.05, 3.63) is 31.7 Å². The van der Waals surface area contributed by atoms with Crippen LogP contribution in [-0.4, -0.2) is 12.6 Å². The fourth-order valence-corrected chi connectivity index (χ4v) is 2.60. The monoisotopic (exact) mass is 370 g/mol. The van der Waals surface area contributed by atoms with Crippen molar-refractivity contribution in [3.63, 3.8) is 0 Å². The van der Waals surface area contributed by atoms with E-state index in [2.05, 4.69) is 36.6 Å². The summed E-state index contributed by atoms with van der Waals surface area (Å²) in [6, 6.07) is 0. The van der Waals surface area contributed by atoms with Crippen LogP contribution in [0.25, 0.3) is 0 Å². The van der Waals surface area contributed by atoms with Crippen LogP contribution in [0.3, 0.4) is 0 Å². The minimum absolute atomic E-state index is 0.0382. The van der Waals surface area contributed by atoms with E-state index in [4.69, 9.17) is 0 Å². The molecule has 0 unspecified atom stereocenters. The van der Waals surface area contributed by atoms with Crippen molar-refractivity contribution >= 4 is 37.8 Å². The highest BCUT2D eigenvalue weighted by atomic mass is 79.9. The van der Waals surface area contributed by atoms with E-state index >= 15 is 0 Å². The Balaban J connectivity index is 3.48. The highest BCUT2D eigenvalue weighted by Crippen LogP contribution is 2.34. The van der Waals surface area contributed by atoms with Gasteiger partial charge >= 0.3 is 5.97 Å². The lowest BCUT2D eigenvalue weighted by molar-refractivity contribution is 0.0519. The summed E-state index contributed by atoms with van der Waals surface area (Å²) in [5.74, 6) is -2.35. The van der Waals surface area contributed by atoms with Gasteiger partial charge in [-0.1, -0.05) is 6.92 Å². The minimum atomic E-state index is -0.890. The quantitative estimate of drug-likeness (QED) is 0.587. The molecule has 0 radical (unpaired) electrons. The van der Waals surface area contributed by atoms with Crippen molar-refractivity contribution in [2.24, 2.45) is 0 Å². The number of esters is 1. The van der Waals surface area contributed by atoms with Crippen LogP contribution in [-0.2, 0) is 11.2 Å². The standard InChI is InChI=1S/C11H10Br2F2O2/c1-3-5-7(12)10(15)6(8(13)9(5)14)11(16)17-4-2/h3-4H2,1-2H3. The van der Waals surface area contributed by atoms with Gasteiger partial charge in [-0.05, 0) is 45.2 Å². The molecule has 0 saturated carbocycles. The molecule has 17 heavy (non-hydrogen) atoms. The summed E-state index contributed by atoms with van der Waals surface area (Å²) in [4.78, 5) is 11.5. The molecule has 94 valence electrons. The molecule has 0 atom stereocenters. The van der Waals surface area contributed by atoms with E-state index in [0.717, 1.165) is 0 Å². The number of carbonyl (C=O) groups is 1. The van der Waals surface area contributed by atoms with E-state index in [1.54, 1.807) is 13.8 Å². The lowest BCUT2D eigenvalue weighted by Gasteiger charge is -2.12. The summed E-state index contributed by atoms with van der Waals surface area (Å²) in [7, 11) is 0. The Morgan fingerprint density at radius 1 is 1.18 bits per heavy atom. The summed E-state index contributed by atoms with van der Waals surface area (Å²) in [6.07, 6.45) is 0.311.